The summed E-state index contributed by atoms with van der Waals surface area (Å²) in [6.07, 6.45) is 0.910. The first kappa shape index (κ1) is 13.9. The molecule has 6 nitrogen and oxygen atoms in total. The van der Waals surface area contributed by atoms with Gasteiger partial charge in [0.2, 0.25) is 0 Å². The fraction of sp³-hybridized carbons (Fsp3) is 0.333. The minimum Gasteiger partial charge on any atom is -0.265 e. The van der Waals surface area contributed by atoms with Gasteiger partial charge in [0, 0.05) is 18.0 Å². The second kappa shape index (κ2) is 5.44. The average molecular weight is 280 g/mol. The Morgan fingerprint density at radius 3 is 2.41 bits per heavy atom. The van der Waals surface area contributed by atoms with Crippen molar-refractivity contribution in [3.8, 4) is 0 Å². The predicted octanol–water partition coefficient (Wildman–Crippen LogP) is 1.81. The summed E-state index contributed by atoms with van der Waals surface area (Å²) in [7, 11) is -3.58. The van der Waals surface area contributed by atoms with Gasteiger partial charge in [-0.05, 0) is 11.1 Å². The van der Waals surface area contributed by atoms with Crippen LogP contribution in [0.5, 0.6) is 0 Å². The lowest BCUT2D eigenvalue weighted by molar-refractivity contribution is -0.385. The lowest BCUT2D eigenvalue weighted by atomic mass is 10.1. The summed E-state index contributed by atoms with van der Waals surface area (Å²) in [4.78, 5) is 10.1. The van der Waals surface area contributed by atoms with Gasteiger partial charge in [-0.2, -0.15) is 8.42 Å². The number of hydrogen-bond acceptors (Lipinski definition) is 5. The number of nitro benzene ring substituents is 1. The van der Waals surface area contributed by atoms with E-state index in [0.29, 0.717) is 11.1 Å². The predicted molar refractivity (Wildman–Crippen MR) is 62.3 cm³/mol. The van der Waals surface area contributed by atoms with Crippen LogP contribution in [0, 0.1) is 10.1 Å². The van der Waals surface area contributed by atoms with Crippen LogP contribution in [0.3, 0.4) is 0 Å². The molecule has 0 bridgehead atoms. The number of nitro groups is 1. The Bertz CT molecular complexity index is 528. The number of halogens is 1. The first-order valence-electron chi connectivity index (χ1n) is 4.49. The van der Waals surface area contributed by atoms with E-state index in [2.05, 4.69) is 4.18 Å². The Balaban J connectivity index is 2.99. The monoisotopic (exact) mass is 279 g/mol. The summed E-state index contributed by atoms with van der Waals surface area (Å²) in [6, 6.07) is 4.14. The van der Waals surface area contributed by atoms with E-state index in [1.807, 2.05) is 0 Å². The zero-order valence-corrected chi connectivity index (χ0v) is 10.5. The van der Waals surface area contributed by atoms with E-state index < -0.39 is 15.0 Å². The summed E-state index contributed by atoms with van der Waals surface area (Å²) in [5.74, 6) is 0.105. The molecule has 0 atom stereocenters. The molecule has 0 amide bonds. The van der Waals surface area contributed by atoms with E-state index in [4.69, 9.17) is 11.6 Å². The van der Waals surface area contributed by atoms with E-state index in [1.165, 1.54) is 12.1 Å². The van der Waals surface area contributed by atoms with Crippen molar-refractivity contribution in [3.63, 3.8) is 0 Å². The van der Waals surface area contributed by atoms with Gasteiger partial charge in [0.1, 0.15) is 0 Å². The van der Waals surface area contributed by atoms with Crippen LogP contribution in [0.1, 0.15) is 11.1 Å². The number of benzene rings is 1. The van der Waals surface area contributed by atoms with Gasteiger partial charge in [-0.15, -0.1) is 11.6 Å². The highest BCUT2D eigenvalue weighted by Gasteiger charge is 2.11. The maximum absolute atomic E-state index is 10.8. The second-order valence-electron chi connectivity index (χ2n) is 3.36. The van der Waals surface area contributed by atoms with Gasteiger partial charge in [-0.3, -0.25) is 14.3 Å². The lowest BCUT2D eigenvalue weighted by Gasteiger charge is -2.04. The number of rotatable bonds is 5. The van der Waals surface area contributed by atoms with Crippen molar-refractivity contribution in [2.75, 3.05) is 6.26 Å². The zero-order valence-electron chi connectivity index (χ0n) is 8.92. The molecule has 17 heavy (non-hydrogen) atoms. The third-order valence-electron chi connectivity index (χ3n) is 1.84. The number of alkyl halides is 1. The lowest BCUT2D eigenvalue weighted by Crippen LogP contribution is -2.03. The molecule has 1 rings (SSSR count). The molecule has 0 aliphatic carbocycles. The Kier molecular flexibility index (Phi) is 4.44. The highest BCUT2D eigenvalue weighted by Crippen LogP contribution is 2.19. The Morgan fingerprint density at radius 2 is 1.94 bits per heavy atom. The summed E-state index contributed by atoms with van der Waals surface area (Å²) in [5, 5.41) is 10.6. The van der Waals surface area contributed by atoms with E-state index in [-0.39, 0.29) is 18.2 Å². The van der Waals surface area contributed by atoms with Crippen LogP contribution in [0.2, 0.25) is 0 Å². The van der Waals surface area contributed by atoms with Gasteiger partial charge >= 0.3 is 0 Å². The van der Waals surface area contributed by atoms with E-state index >= 15 is 0 Å². The standard InChI is InChI=1S/C9H10ClNO5S/c1-17(14,15)16-6-8-2-7(5-10)3-9(4-8)11(12)13/h2-4H,5-6H2,1H3. The van der Waals surface area contributed by atoms with E-state index in [1.54, 1.807) is 6.07 Å². The third-order valence-corrected chi connectivity index (χ3v) is 2.70. The molecule has 0 heterocycles. The van der Waals surface area contributed by atoms with Gasteiger partial charge in [-0.25, -0.2) is 0 Å². The minimum absolute atomic E-state index is 0.105. The molecule has 0 aliphatic rings. The smallest absolute Gasteiger partial charge is 0.265 e. The molecule has 0 N–H and O–H groups in total. The molecule has 0 unspecified atom stereocenters. The fourth-order valence-corrected chi connectivity index (χ4v) is 1.69. The van der Waals surface area contributed by atoms with Crippen molar-refractivity contribution in [2.24, 2.45) is 0 Å². The summed E-state index contributed by atoms with van der Waals surface area (Å²) in [6.45, 7) is -0.246. The molecule has 0 saturated heterocycles. The number of non-ortho nitro benzene ring substituents is 1. The van der Waals surface area contributed by atoms with Gasteiger partial charge in [0.15, 0.2) is 0 Å². The first-order chi connectivity index (χ1) is 7.81. The van der Waals surface area contributed by atoms with Crippen LogP contribution < -0.4 is 0 Å². The summed E-state index contributed by atoms with van der Waals surface area (Å²) in [5.41, 5.74) is 0.781. The normalized spacial score (nSPS) is 11.4. The molecule has 0 aromatic heterocycles. The van der Waals surface area contributed by atoms with Crippen molar-refractivity contribution >= 4 is 27.4 Å². The molecule has 0 radical (unpaired) electrons. The molecule has 8 heteroatoms. The molecule has 0 saturated carbocycles. The van der Waals surface area contributed by atoms with Gasteiger partial charge in [0.05, 0.1) is 17.8 Å². The molecule has 0 spiro atoms. The quantitative estimate of drug-likeness (QED) is 0.355. The first-order valence-corrected chi connectivity index (χ1v) is 6.84. The van der Waals surface area contributed by atoms with Crippen molar-refractivity contribution in [2.45, 2.75) is 12.5 Å². The van der Waals surface area contributed by atoms with Gasteiger partial charge in [-0.1, -0.05) is 6.07 Å². The maximum Gasteiger partial charge on any atom is 0.270 e. The summed E-state index contributed by atoms with van der Waals surface area (Å²) < 4.78 is 26.1. The average Bonchev–Trinajstić information content (AvgIpc) is 2.25. The van der Waals surface area contributed by atoms with Crippen LogP contribution in [0.15, 0.2) is 18.2 Å². The van der Waals surface area contributed by atoms with Crippen molar-refractivity contribution in [1.82, 2.24) is 0 Å². The molecule has 1 aromatic carbocycles. The van der Waals surface area contributed by atoms with Gasteiger partial charge in [0.25, 0.3) is 15.8 Å². The van der Waals surface area contributed by atoms with Crippen molar-refractivity contribution < 1.29 is 17.5 Å². The Morgan fingerprint density at radius 1 is 1.35 bits per heavy atom. The highest BCUT2D eigenvalue weighted by molar-refractivity contribution is 7.85. The number of hydrogen-bond donors (Lipinski definition) is 0. The maximum atomic E-state index is 10.8. The fourth-order valence-electron chi connectivity index (χ4n) is 1.18. The number of nitrogens with zero attached hydrogens (tertiary/aromatic N) is 1. The Labute approximate surface area is 103 Å². The van der Waals surface area contributed by atoms with Crippen LogP contribution in [-0.2, 0) is 26.8 Å². The summed E-state index contributed by atoms with van der Waals surface area (Å²) >= 11 is 5.58. The van der Waals surface area contributed by atoms with Crippen LogP contribution in [0.4, 0.5) is 5.69 Å². The minimum atomic E-state index is -3.58. The molecule has 94 valence electrons. The van der Waals surface area contributed by atoms with Crippen LogP contribution in [0.25, 0.3) is 0 Å². The topological polar surface area (TPSA) is 86.5 Å². The SMILES string of the molecule is CS(=O)(=O)OCc1cc(CCl)cc([N+](=O)[O-])c1. The highest BCUT2D eigenvalue weighted by atomic mass is 35.5. The van der Waals surface area contributed by atoms with Crippen molar-refractivity contribution in [3.05, 3.63) is 39.4 Å². The Hall–Kier alpha value is -1.18. The molecular weight excluding hydrogens is 270 g/mol. The van der Waals surface area contributed by atoms with E-state index in [9.17, 15) is 18.5 Å². The molecule has 0 fully saturated rings. The van der Waals surface area contributed by atoms with E-state index in [0.717, 1.165) is 6.26 Å². The van der Waals surface area contributed by atoms with Crippen LogP contribution in [-0.4, -0.2) is 19.6 Å². The third kappa shape index (κ3) is 4.68. The van der Waals surface area contributed by atoms with Crippen LogP contribution >= 0.6 is 11.6 Å². The zero-order chi connectivity index (χ0) is 13.1. The second-order valence-corrected chi connectivity index (χ2v) is 5.28. The molecular formula is C9H10ClNO5S. The van der Waals surface area contributed by atoms with Gasteiger partial charge < -0.3 is 0 Å². The van der Waals surface area contributed by atoms with Crippen molar-refractivity contribution in [1.29, 1.82) is 0 Å². The molecule has 0 aliphatic heterocycles. The molecule has 1 aromatic rings. The largest absolute Gasteiger partial charge is 0.270 e.